The first-order valence-corrected chi connectivity index (χ1v) is 5.65. The lowest BCUT2D eigenvalue weighted by Crippen LogP contribution is -2.43. The number of carbonyl (C=O) groups excluding carboxylic acids is 1. The van der Waals surface area contributed by atoms with Crippen LogP contribution in [0.4, 0.5) is 6.01 Å². The van der Waals surface area contributed by atoms with E-state index >= 15 is 0 Å². The van der Waals surface area contributed by atoms with E-state index in [1.54, 1.807) is 0 Å². The van der Waals surface area contributed by atoms with Gasteiger partial charge in [0.2, 0.25) is 11.8 Å². The van der Waals surface area contributed by atoms with Gasteiger partial charge < -0.3 is 9.73 Å². The minimum atomic E-state index is -0.0440. The smallest absolute Gasteiger partial charge is 0.322 e. The number of aromatic nitrogens is 2. The average molecular weight is 222 g/mol. The Morgan fingerprint density at radius 2 is 2.25 bits per heavy atom. The van der Waals surface area contributed by atoms with Gasteiger partial charge in [-0.15, -0.1) is 5.10 Å². The van der Waals surface area contributed by atoms with Crippen molar-refractivity contribution in [2.24, 2.45) is 5.92 Å². The van der Waals surface area contributed by atoms with Gasteiger partial charge >= 0.3 is 6.01 Å². The first-order chi connectivity index (χ1) is 7.81. The van der Waals surface area contributed by atoms with Crippen LogP contribution in [0, 0.1) is 5.92 Å². The van der Waals surface area contributed by atoms with E-state index in [9.17, 15) is 4.79 Å². The number of nitrogens with one attached hydrogen (secondary N) is 2. The Morgan fingerprint density at radius 1 is 1.44 bits per heavy atom. The van der Waals surface area contributed by atoms with Crippen molar-refractivity contribution in [2.45, 2.75) is 25.2 Å². The molecule has 0 atom stereocenters. The molecule has 0 spiro atoms. The Balaban J connectivity index is 1.53. The molecule has 6 heteroatoms. The van der Waals surface area contributed by atoms with Gasteiger partial charge in [0, 0.05) is 12.3 Å². The Labute approximate surface area is 92.8 Å². The summed E-state index contributed by atoms with van der Waals surface area (Å²) in [6.07, 6.45) is 2.75. The Morgan fingerprint density at radius 3 is 2.88 bits per heavy atom. The van der Waals surface area contributed by atoms with Gasteiger partial charge in [0.1, 0.15) is 0 Å². The third-order valence-electron chi connectivity index (χ3n) is 2.95. The van der Waals surface area contributed by atoms with Crippen LogP contribution in [0.2, 0.25) is 0 Å². The first kappa shape index (κ1) is 9.77. The van der Waals surface area contributed by atoms with Gasteiger partial charge in [-0.1, -0.05) is 5.10 Å². The first-order valence-electron chi connectivity index (χ1n) is 5.65. The average Bonchev–Trinajstić information content (AvgIpc) is 2.95. The molecule has 86 valence electrons. The van der Waals surface area contributed by atoms with Crippen LogP contribution in [0.1, 0.15) is 31.1 Å². The molecule has 3 rings (SSSR count). The number of amides is 1. The third-order valence-corrected chi connectivity index (χ3v) is 2.95. The number of rotatable bonds is 4. The molecule has 1 aliphatic carbocycles. The minimum absolute atomic E-state index is 0.0440. The van der Waals surface area contributed by atoms with Gasteiger partial charge in [-0.3, -0.25) is 10.1 Å². The van der Waals surface area contributed by atoms with Crippen molar-refractivity contribution in [1.29, 1.82) is 0 Å². The quantitative estimate of drug-likeness (QED) is 0.775. The molecule has 2 fully saturated rings. The molecule has 2 aliphatic rings. The molecule has 1 saturated heterocycles. The summed E-state index contributed by atoms with van der Waals surface area (Å²) >= 11 is 0. The SMILES string of the molecule is O=C(CC1CNC1)Nc1nnc(C2CC2)o1. The minimum Gasteiger partial charge on any atom is -0.408 e. The second kappa shape index (κ2) is 3.86. The molecule has 1 aliphatic heterocycles. The summed E-state index contributed by atoms with van der Waals surface area (Å²) in [5, 5.41) is 13.5. The van der Waals surface area contributed by atoms with Crippen LogP contribution in [-0.2, 0) is 4.79 Å². The lowest BCUT2D eigenvalue weighted by atomic mass is 9.99. The van der Waals surface area contributed by atoms with Gasteiger partial charge in [-0.05, 0) is 31.8 Å². The molecule has 2 heterocycles. The molecule has 1 saturated carbocycles. The van der Waals surface area contributed by atoms with E-state index in [0.717, 1.165) is 25.9 Å². The molecule has 1 amide bonds. The monoisotopic (exact) mass is 222 g/mol. The summed E-state index contributed by atoms with van der Waals surface area (Å²) in [6.45, 7) is 1.84. The zero-order valence-corrected chi connectivity index (χ0v) is 8.90. The predicted molar refractivity (Wildman–Crippen MR) is 55.9 cm³/mol. The third kappa shape index (κ3) is 2.06. The lowest BCUT2D eigenvalue weighted by molar-refractivity contribution is -0.117. The molecule has 6 nitrogen and oxygen atoms in total. The highest BCUT2D eigenvalue weighted by Crippen LogP contribution is 2.39. The predicted octanol–water partition coefficient (Wildman–Crippen LogP) is 0.495. The molecule has 16 heavy (non-hydrogen) atoms. The van der Waals surface area contributed by atoms with Crippen molar-refractivity contribution in [3.8, 4) is 0 Å². The fourth-order valence-corrected chi connectivity index (χ4v) is 1.71. The van der Waals surface area contributed by atoms with Crippen LogP contribution in [-0.4, -0.2) is 29.2 Å². The van der Waals surface area contributed by atoms with E-state index < -0.39 is 0 Å². The van der Waals surface area contributed by atoms with Gasteiger partial charge in [0.05, 0.1) is 0 Å². The molecule has 0 unspecified atom stereocenters. The van der Waals surface area contributed by atoms with E-state index in [2.05, 4.69) is 20.8 Å². The summed E-state index contributed by atoms with van der Waals surface area (Å²) in [5.74, 6) is 1.48. The highest BCUT2D eigenvalue weighted by atomic mass is 16.4. The zero-order chi connectivity index (χ0) is 11.0. The van der Waals surface area contributed by atoms with Crippen LogP contribution in [0.3, 0.4) is 0 Å². The normalized spacial score (nSPS) is 20.5. The van der Waals surface area contributed by atoms with Crippen molar-refractivity contribution in [3.63, 3.8) is 0 Å². The summed E-state index contributed by atoms with van der Waals surface area (Å²) in [6, 6.07) is 0.235. The van der Waals surface area contributed by atoms with Crippen LogP contribution >= 0.6 is 0 Å². The molecule has 0 bridgehead atoms. The van der Waals surface area contributed by atoms with Gasteiger partial charge in [-0.2, -0.15) is 0 Å². The molecule has 1 aromatic rings. The van der Waals surface area contributed by atoms with Crippen molar-refractivity contribution in [2.75, 3.05) is 18.4 Å². The Bertz CT molecular complexity index is 395. The van der Waals surface area contributed by atoms with E-state index in [0.29, 0.717) is 24.1 Å². The number of nitrogens with zero attached hydrogens (tertiary/aromatic N) is 2. The number of anilines is 1. The molecule has 0 aromatic carbocycles. The summed E-state index contributed by atoms with van der Waals surface area (Å²) in [7, 11) is 0. The second-order valence-corrected chi connectivity index (χ2v) is 4.50. The lowest BCUT2D eigenvalue weighted by Gasteiger charge is -2.25. The summed E-state index contributed by atoms with van der Waals surface area (Å²) in [5.41, 5.74) is 0. The highest BCUT2D eigenvalue weighted by molar-refractivity contribution is 5.88. The van der Waals surface area contributed by atoms with Gasteiger partial charge in [0.15, 0.2) is 0 Å². The van der Waals surface area contributed by atoms with Crippen LogP contribution in [0.15, 0.2) is 4.42 Å². The fraction of sp³-hybridized carbons (Fsp3) is 0.700. The van der Waals surface area contributed by atoms with Gasteiger partial charge in [-0.25, -0.2) is 0 Å². The molecular weight excluding hydrogens is 208 g/mol. The van der Waals surface area contributed by atoms with Crippen molar-refractivity contribution < 1.29 is 9.21 Å². The highest BCUT2D eigenvalue weighted by Gasteiger charge is 2.29. The topological polar surface area (TPSA) is 80.0 Å². The van der Waals surface area contributed by atoms with Crippen LogP contribution in [0.25, 0.3) is 0 Å². The number of carbonyl (C=O) groups is 1. The Kier molecular flexibility index (Phi) is 2.36. The zero-order valence-electron chi connectivity index (χ0n) is 8.90. The van der Waals surface area contributed by atoms with Crippen molar-refractivity contribution in [3.05, 3.63) is 5.89 Å². The molecule has 0 radical (unpaired) electrons. The van der Waals surface area contributed by atoms with Crippen molar-refractivity contribution in [1.82, 2.24) is 15.5 Å². The second-order valence-electron chi connectivity index (χ2n) is 4.50. The van der Waals surface area contributed by atoms with Gasteiger partial charge in [0.25, 0.3) is 0 Å². The standard InChI is InChI=1S/C10H14N4O2/c15-8(3-6-4-11-5-6)12-10-14-13-9(16-10)7-1-2-7/h6-7,11H,1-5H2,(H,12,14,15). The van der Waals surface area contributed by atoms with Crippen LogP contribution < -0.4 is 10.6 Å². The van der Waals surface area contributed by atoms with Crippen molar-refractivity contribution >= 4 is 11.9 Å². The van der Waals surface area contributed by atoms with E-state index in [1.807, 2.05) is 0 Å². The number of hydrogen-bond acceptors (Lipinski definition) is 5. The van der Waals surface area contributed by atoms with E-state index in [1.165, 1.54) is 0 Å². The Hall–Kier alpha value is -1.43. The maximum Gasteiger partial charge on any atom is 0.322 e. The van der Waals surface area contributed by atoms with Crippen LogP contribution in [0.5, 0.6) is 0 Å². The maximum atomic E-state index is 11.5. The largest absolute Gasteiger partial charge is 0.408 e. The molecule has 2 N–H and O–H groups in total. The maximum absolute atomic E-state index is 11.5. The summed E-state index contributed by atoms with van der Waals surface area (Å²) < 4.78 is 5.34. The number of hydrogen-bond donors (Lipinski definition) is 2. The van der Waals surface area contributed by atoms with E-state index in [4.69, 9.17) is 4.42 Å². The van der Waals surface area contributed by atoms with E-state index in [-0.39, 0.29) is 11.9 Å². The molecule has 1 aromatic heterocycles. The molecular formula is C10H14N4O2. The fourth-order valence-electron chi connectivity index (χ4n) is 1.71. The summed E-state index contributed by atoms with van der Waals surface area (Å²) in [4.78, 5) is 11.5.